The molecule has 2 aromatic heterocycles. The maximum absolute atomic E-state index is 12.1. The third kappa shape index (κ3) is 5.38. The minimum Gasteiger partial charge on any atom is -0.494 e. The highest BCUT2D eigenvalue weighted by Gasteiger charge is 2.11. The van der Waals surface area contributed by atoms with E-state index in [1.54, 1.807) is 35.6 Å². The van der Waals surface area contributed by atoms with Crippen molar-refractivity contribution in [3.05, 3.63) is 57.7 Å². The maximum Gasteiger partial charge on any atom is 0.325 e. The number of esters is 1. The topological polar surface area (TPSA) is 77.5 Å². The molecule has 140 valence electrons. The summed E-state index contributed by atoms with van der Waals surface area (Å²) in [7, 11) is 0. The second-order valence-corrected chi connectivity index (χ2v) is 7.09. The zero-order valence-electron chi connectivity index (χ0n) is 14.6. The van der Waals surface area contributed by atoms with Crippen LogP contribution in [0.5, 0.6) is 5.75 Å². The first-order chi connectivity index (χ1) is 13.2. The number of hydrogen-bond donors (Lipinski definition) is 1. The molecule has 0 saturated heterocycles. The minimum absolute atomic E-state index is 0.0817. The fourth-order valence-electron chi connectivity index (χ4n) is 2.22. The zero-order chi connectivity index (χ0) is 19.1. The largest absolute Gasteiger partial charge is 0.494 e. The lowest BCUT2D eigenvalue weighted by atomic mass is 10.2. The Bertz CT molecular complexity index is 889. The fraction of sp³-hybridized carbons (Fsp3) is 0.211. The molecule has 2 heterocycles. The van der Waals surface area contributed by atoms with Crippen LogP contribution in [0.4, 0.5) is 0 Å². The lowest BCUT2D eigenvalue weighted by Crippen LogP contribution is -2.30. The second-order valence-electron chi connectivity index (χ2n) is 5.46. The summed E-state index contributed by atoms with van der Waals surface area (Å²) in [5, 5.41) is 9.31. The molecule has 0 aliphatic carbocycles. The Labute approximate surface area is 164 Å². The van der Waals surface area contributed by atoms with Crippen LogP contribution in [0.2, 0.25) is 0 Å². The van der Waals surface area contributed by atoms with E-state index < -0.39 is 5.97 Å². The molecule has 0 atom stereocenters. The molecule has 1 aromatic carbocycles. The number of nitrogens with one attached hydrogen (secondary N) is 1. The molecule has 0 unspecified atom stereocenters. The van der Waals surface area contributed by atoms with Crippen LogP contribution in [0.3, 0.4) is 0 Å². The number of ether oxygens (including phenoxy) is 2. The number of rotatable bonds is 8. The molecule has 1 amide bonds. The number of carbonyl (C=O) groups excluding carboxylic acids is 2. The van der Waals surface area contributed by atoms with Gasteiger partial charge in [0.05, 0.1) is 12.3 Å². The van der Waals surface area contributed by atoms with Gasteiger partial charge in [-0.05, 0) is 42.6 Å². The van der Waals surface area contributed by atoms with Crippen molar-refractivity contribution in [2.75, 3.05) is 13.2 Å². The highest BCUT2D eigenvalue weighted by atomic mass is 32.1. The van der Waals surface area contributed by atoms with Gasteiger partial charge in [-0.2, -0.15) is 11.3 Å². The molecule has 0 radical (unpaired) electrons. The summed E-state index contributed by atoms with van der Waals surface area (Å²) in [5.41, 5.74) is 2.20. The zero-order valence-corrected chi connectivity index (χ0v) is 16.3. The predicted molar refractivity (Wildman–Crippen MR) is 105 cm³/mol. The number of thiazole rings is 1. The van der Waals surface area contributed by atoms with Crippen molar-refractivity contribution in [2.45, 2.75) is 13.5 Å². The first kappa shape index (κ1) is 19.1. The molecule has 3 rings (SSSR count). The Morgan fingerprint density at radius 3 is 2.67 bits per heavy atom. The van der Waals surface area contributed by atoms with Gasteiger partial charge >= 0.3 is 5.97 Å². The van der Waals surface area contributed by atoms with Gasteiger partial charge in [-0.25, -0.2) is 4.98 Å². The first-order valence-corrected chi connectivity index (χ1v) is 10.1. The van der Waals surface area contributed by atoms with Crippen molar-refractivity contribution in [2.24, 2.45) is 0 Å². The lowest BCUT2D eigenvalue weighted by molar-refractivity contribution is -0.143. The van der Waals surface area contributed by atoms with Gasteiger partial charge < -0.3 is 14.8 Å². The minimum atomic E-state index is -0.514. The number of nitrogens with zero attached hydrogens (tertiary/aromatic N) is 1. The first-order valence-electron chi connectivity index (χ1n) is 8.29. The molecule has 8 heteroatoms. The molecule has 0 saturated carbocycles. The summed E-state index contributed by atoms with van der Waals surface area (Å²) in [6, 6.07) is 8.71. The van der Waals surface area contributed by atoms with E-state index in [0.717, 1.165) is 10.6 Å². The van der Waals surface area contributed by atoms with E-state index in [1.807, 2.05) is 29.1 Å². The Morgan fingerprint density at radius 2 is 1.96 bits per heavy atom. The van der Waals surface area contributed by atoms with Crippen molar-refractivity contribution in [3.8, 4) is 16.3 Å². The molecule has 0 aliphatic rings. The smallest absolute Gasteiger partial charge is 0.325 e. The molecular formula is C19H18N2O4S2. The summed E-state index contributed by atoms with van der Waals surface area (Å²) >= 11 is 3.11. The van der Waals surface area contributed by atoms with Gasteiger partial charge in [0.2, 0.25) is 0 Å². The average Bonchev–Trinajstić information content (AvgIpc) is 3.37. The number of amides is 1. The Kier molecular flexibility index (Phi) is 6.56. The van der Waals surface area contributed by atoms with Crippen molar-refractivity contribution in [1.82, 2.24) is 10.3 Å². The van der Waals surface area contributed by atoms with Gasteiger partial charge in [-0.15, -0.1) is 11.3 Å². The fourth-order valence-corrected chi connectivity index (χ4v) is 3.74. The van der Waals surface area contributed by atoms with E-state index >= 15 is 0 Å². The van der Waals surface area contributed by atoms with E-state index in [0.29, 0.717) is 23.6 Å². The van der Waals surface area contributed by atoms with Gasteiger partial charge in [-0.1, -0.05) is 0 Å². The third-order valence-corrected chi connectivity index (χ3v) is 5.15. The number of benzene rings is 1. The molecule has 0 bridgehead atoms. The number of thiophene rings is 1. The van der Waals surface area contributed by atoms with Crippen molar-refractivity contribution < 1.29 is 19.1 Å². The highest BCUT2D eigenvalue weighted by molar-refractivity contribution is 7.14. The van der Waals surface area contributed by atoms with E-state index in [1.165, 1.54) is 11.3 Å². The summed E-state index contributed by atoms with van der Waals surface area (Å²) in [4.78, 5) is 28.3. The van der Waals surface area contributed by atoms with Crippen LogP contribution in [0.25, 0.3) is 10.6 Å². The van der Waals surface area contributed by atoms with Gasteiger partial charge in [0.25, 0.3) is 5.91 Å². The number of hydrogen-bond acceptors (Lipinski definition) is 7. The Hall–Kier alpha value is -2.71. The predicted octanol–water partition coefficient (Wildman–Crippen LogP) is 3.74. The molecule has 6 nitrogen and oxygen atoms in total. The van der Waals surface area contributed by atoms with Gasteiger partial charge in [0.15, 0.2) is 0 Å². The van der Waals surface area contributed by atoms with E-state index in [4.69, 9.17) is 9.47 Å². The van der Waals surface area contributed by atoms with Crippen LogP contribution in [-0.2, 0) is 16.1 Å². The monoisotopic (exact) mass is 402 g/mol. The number of carbonyl (C=O) groups is 2. The molecule has 0 aliphatic heterocycles. The van der Waals surface area contributed by atoms with E-state index in [-0.39, 0.29) is 19.1 Å². The molecule has 3 aromatic rings. The normalized spacial score (nSPS) is 10.4. The van der Waals surface area contributed by atoms with Crippen LogP contribution in [0.15, 0.2) is 46.5 Å². The van der Waals surface area contributed by atoms with Crippen LogP contribution in [0.1, 0.15) is 23.0 Å². The summed E-state index contributed by atoms with van der Waals surface area (Å²) in [6.45, 7) is 2.33. The number of aromatic nitrogens is 1. The highest BCUT2D eigenvalue weighted by Crippen LogP contribution is 2.25. The van der Waals surface area contributed by atoms with Gasteiger partial charge in [0, 0.05) is 21.9 Å². The van der Waals surface area contributed by atoms with Crippen molar-refractivity contribution in [1.29, 1.82) is 0 Å². The molecule has 0 fully saturated rings. The standard InChI is InChI=1S/C19H18N2O4S2/c1-2-24-16-5-3-13(4-6-16)18(23)20-9-17(22)25-10-15-12-27-19(21-15)14-7-8-26-11-14/h3-8,11-12H,2,9-10H2,1H3,(H,20,23). The van der Waals surface area contributed by atoms with Crippen LogP contribution in [-0.4, -0.2) is 30.0 Å². The Morgan fingerprint density at radius 1 is 1.15 bits per heavy atom. The summed E-state index contributed by atoms with van der Waals surface area (Å²) < 4.78 is 10.5. The van der Waals surface area contributed by atoms with Crippen LogP contribution >= 0.6 is 22.7 Å². The Balaban J connectivity index is 1.43. The summed E-state index contributed by atoms with van der Waals surface area (Å²) in [6.07, 6.45) is 0. The molecule has 0 spiro atoms. The van der Waals surface area contributed by atoms with E-state index in [2.05, 4.69) is 10.3 Å². The lowest BCUT2D eigenvalue weighted by Gasteiger charge is -2.07. The molecule has 1 N–H and O–H groups in total. The van der Waals surface area contributed by atoms with Gasteiger partial charge in [0.1, 0.15) is 23.9 Å². The molecular weight excluding hydrogens is 384 g/mol. The maximum atomic E-state index is 12.1. The van der Waals surface area contributed by atoms with E-state index in [9.17, 15) is 9.59 Å². The average molecular weight is 402 g/mol. The van der Waals surface area contributed by atoms with Crippen molar-refractivity contribution in [3.63, 3.8) is 0 Å². The SMILES string of the molecule is CCOc1ccc(C(=O)NCC(=O)OCc2csc(-c3ccsc3)n2)cc1. The van der Waals surface area contributed by atoms with Crippen molar-refractivity contribution >= 4 is 34.6 Å². The van der Waals surface area contributed by atoms with Crippen LogP contribution in [0, 0.1) is 0 Å². The quantitative estimate of drug-likeness (QED) is 0.581. The van der Waals surface area contributed by atoms with Gasteiger partial charge in [-0.3, -0.25) is 9.59 Å². The third-order valence-electron chi connectivity index (χ3n) is 3.52. The summed E-state index contributed by atoms with van der Waals surface area (Å²) in [5.74, 6) is -0.165. The van der Waals surface area contributed by atoms with Crippen LogP contribution < -0.4 is 10.1 Å². The molecule has 27 heavy (non-hydrogen) atoms. The second kappa shape index (κ2) is 9.29.